The molecule has 0 unspecified atom stereocenters. The Hall–Kier alpha value is -0.850. The number of aryl methyl sites for hydroxylation is 1. The Morgan fingerprint density at radius 1 is 1.50 bits per heavy atom. The van der Waals surface area contributed by atoms with E-state index in [1.165, 1.54) is 18.4 Å². The molecule has 0 spiro atoms. The Labute approximate surface area is 84.2 Å². The molecule has 0 aliphatic carbocycles. The number of sulfonamides is 1. The van der Waals surface area contributed by atoms with Crippen LogP contribution >= 0.6 is 0 Å². The maximum absolute atomic E-state index is 11.7. The summed E-state index contributed by atoms with van der Waals surface area (Å²) in [5.41, 5.74) is 6.25. The molecule has 2 N–H and O–H groups in total. The monoisotopic (exact) mass is 217 g/mol. The van der Waals surface area contributed by atoms with E-state index in [2.05, 4.69) is 0 Å². The van der Waals surface area contributed by atoms with Gasteiger partial charge in [-0.3, -0.25) is 0 Å². The Morgan fingerprint density at radius 2 is 2.07 bits per heavy atom. The minimum atomic E-state index is -3.33. The molecule has 0 aromatic carbocycles. The molecule has 0 saturated heterocycles. The zero-order valence-electron chi connectivity index (χ0n) is 8.56. The Morgan fingerprint density at radius 3 is 2.43 bits per heavy atom. The summed E-state index contributed by atoms with van der Waals surface area (Å²) in [5.74, 6) is 0. The van der Waals surface area contributed by atoms with Crippen LogP contribution in [-0.2, 0) is 23.6 Å². The molecule has 0 atom stereocenters. The van der Waals surface area contributed by atoms with E-state index in [0.717, 1.165) is 5.69 Å². The molecular weight excluding hydrogens is 202 g/mol. The highest BCUT2D eigenvalue weighted by Gasteiger charge is 2.19. The van der Waals surface area contributed by atoms with Crippen molar-refractivity contribution in [3.8, 4) is 0 Å². The average molecular weight is 217 g/mol. The predicted octanol–water partition coefficient (Wildman–Crippen LogP) is -0.266. The Kier molecular flexibility index (Phi) is 2.98. The van der Waals surface area contributed by atoms with Crippen LogP contribution in [-0.4, -0.2) is 31.4 Å². The first-order valence-electron chi connectivity index (χ1n) is 4.17. The molecule has 80 valence electrons. The van der Waals surface area contributed by atoms with Gasteiger partial charge < -0.3 is 10.3 Å². The Bertz CT molecular complexity index is 420. The van der Waals surface area contributed by atoms with E-state index >= 15 is 0 Å². The van der Waals surface area contributed by atoms with Gasteiger partial charge in [-0.1, -0.05) is 0 Å². The normalized spacial score (nSPS) is 12.4. The largest absolute Gasteiger partial charge is 0.352 e. The van der Waals surface area contributed by atoms with E-state index < -0.39 is 10.0 Å². The summed E-state index contributed by atoms with van der Waals surface area (Å²) in [6, 6.07) is 1.59. The van der Waals surface area contributed by atoms with Crippen molar-refractivity contribution >= 4 is 10.0 Å². The van der Waals surface area contributed by atoms with Gasteiger partial charge in [-0.15, -0.1) is 0 Å². The molecule has 0 aliphatic rings. The van der Waals surface area contributed by atoms with Crippen molar-refractivity contribution in [3.05, 3.63) is 18.0 Å². The summed E-state index contributed by atoms with van der Waals surface area (Å²) in [7, 11) is 1.45. The van der Waals surface area contributed by atoms with E-state index in [4.69, 9.17) is 5.73 Å². The van der Waals surface area contributed by atoms with Crippen LogP contribution in [0.25, 0.3) is 0 Å². The second kappa shape index (κ2) is 3.72. The molecule has 0 saturated carbocycles. The first-order chi connectivity index (χ1) is 6.39. The van der Waals surface area contributed by atoms with E-state index in [-0.39, 0.29) is 4.90 Å². The van der Waals surface area contributed by atoms with Crippen LogP contribution in [0.5, 0.6) is 0 Å². The van der Waals surface area contributed by atoms with Gasteiger partial charge in [0.15, 0.2) is 0 Å². The average Bonchev–Trinajstić information content (AvgIpc) is 2.47. The van der Waals surface area contributed by atoms with E-state index in [1.807, 2.05) is 0 Å². The molecule has 0 radical (unpaired) electrons. The van der Waals surface area contributed by atoms with Crippen molar-refractivity contribution in [1.82, 2.24) is 8.87 Å². The third-order valence-corrected chi connectivity index (χ3v) is 3.85. The summed E-state index contributed by atoms with van der Waals surface area (Å²) in [6.45, 7) is 0.333. The quantitative estimate of drug-likeness (QED) is 0.758. The fourth-order valence-electron chi connectivity index (χ4n) is 1.13. The van der Waals surface area contributed by atoms with Gasteiger partial charge in [0.1, 0.15) is 4.90 Å². The standard InChI is InChI=1S/C8H15N3O2S/c1-10(2)14(12,13)8-4-7(5-9)11(3)6-8/h4,6H,5,9H2,1-3H3. The van der Waals surface area contributed by atoms with Gasteiger partial charge in [-0.25, -0.2) is 12.7 Å². The molecule has 0 aliphatic heterocycles. The summed E-state index contributed by atoms with van der Waals surface area (Å²) < 4.78 is 26.3. The molecular formula is C8H15N3O2S. The van der Waals surface area contributed by atoms with Gasteiger partial charge in [0, 0.05) is 39.6 Å². The first kappa shape index (κ1) is 11.2. The third kappa shape index (κ3) is 1.82. The van der Waals surface area contributed by atoms with Gasteiger partial charge in [0.25, 0.3) is 0 Å². The zero-order chi connectivity index (χ0) is 10.9. The lowest BCUT2D eigenvalue weighted by Crippen LogP contribution is -2.21. The number of rotatable bonds is 3. The van der Waals surface area contributed by atoms with Gasteiger partial charge >= 0.3 is 0 Å². The van der Waals surface area contributed by atoms with Crippen molar-refractivity contribution in [2.24, 2.45) is 12.8 Å². The predicted molar refractivity (Wildman–Crippen MR) is 54.2 cm³/mol. The van der Waals surface area contributed by atoms with Crippen LogP contribution in [0.4, 0.5) is 0 Å². The van der Waals surface area contributed by atoms with Gasteiger partial charge in [0.2, 0.25) is 10.0 Å². The molecule has 0 amide bonds. The number of hydrogen-bond donors (Lipinski definition) is 1. The lowest BCUT2D eigenvalue weighted by Gasteiger charge is -2.08. The fraction of sp³-hybridized carbons (Fsp3) is 0.500. The molecule has 1 heterocycles. The summed E-state index contributed by atoms with van der Waals surface area (Å²) in [6.07, 6.45) is 1.57. The highest BCUT2D eigenvalue weighted by atomic mass is 32.2. The van der Waals surface area contributed by atoms with Crippen molar-refractivity contribution < 1.29 is 8.42 Å². The molecule has 1 aromatic rings. The molecule has 6 heteroatoms. The first-order valence-corrected chi connectivity index (χ1v) is 5.61. The lowest BCUT2D eigenvalue weighted by molar-refractivity contribution is 0.520. The van der Waals surface area contributed by atoms with Crippen LogP contribution in [0.15, 0.2) is 17.2 Å². The summed E-state index contributed by atoms with van der Waals surface area (Å²) in [5, 5.41) is 0. The molecule has 14 heavy (non-hydrogen) atoms. The highest BCUT2D eigenvalue weighted by Crippen LogP contribution is 2.15. The van der Waals surface area contributed by atoms with E-state index in [0.29, 0.717) is 6.54 Å². The third-order valence-electron chi connectivity index (χ3n) is 2.07. The molecule has 1 aromatic heterocycles. The number of nitrogens with two attached hydrogens (primary N) is 1. The minimum Gasteiger partial charge on any atom is -0.352 e. The zero-order valence-corrected chi connectivity index (χ0v) is 9.37. The van der Waals surface area contributed by atoms with Crippen LogP contribution in [0.3, 0.4) is 0 Å². The second-order valence-electron chi connectivity index (χ2n) is 3.27. The SMILES string of the molecule is CN(C)S(=O)(=O)c1cc(CN)n(C)c1. The number of nitrogens with zero attached hydrogens (tertiary/aromatic N) is 2. The van der Waals surface area contributed by atoms with Crippen LogP contribution in [0, 0.1) is 0 Å². The maximum atomic E-state index is 11.7. The molecule has 5 nitrogen and oxygen atoms in total. The van der Waals surface area contributed by atoms with Crippen molar-refractivity contribution in [1.29, 1.82) is 0 Å². The van der Waals surface area contributed by atoms with Crippen molar-refractivity contribution in [2.75, 3.05) is 14.1 Å². The molecule has 0 fully saturated rings. The van der Waals surface area contributed by atoms with Gasteiger partial charge in [-0.05, 0) is 6.07 Å². The Balaban J connectivity index is 3.22. The summed E-state index contributed by atoms with van der Waals surface area (Å²) in [4.78, 5) is 0.283. The lowest BCUT2D eigenvalue weighted by atomic mass is 10.4. The summed E-state index contributed by atoms with van der Waals surface area (Å²) >= 11 is 0. The second-order valence-corrected chi connectivity index (χ2v) is 5.42. The van der Waals surface area contributed by atoms with Gasteiger partial charge in [-0.2, -0.15) is 0 Å². The van der Waals surface area contributed by atoms with Crippen molar-refractivity contribution in [3.63, 3.8) is 0 Å². The van der Waals surface area contributed by atoms with E-state index in [9.17, 15) is 8.42 Å². The fourth-order valence-corrected chi connectivity index (χ4v) is 2.13. The smallest absolute Gasteiger partial charge is 0.244 e. The van der Waals surface area contributed by atoms with Gasteiger partial charge in [0.05, 0.1) is 0 Å². The minimum absolute atomic E-state index is 0.283. The molecule has 1 rings (SSSR count). The van der Waals surface area contributed by atoms with E-state index in [1.54, 1.807) is 23.9 Å². The highest BCUT2D eigenvalue weighted by molar-refractivity contribution is 7.89. The number of aromatic nitrogens is 1. The van der Waals surface area contributed by atoms with Crippen LogP contribution in [0.2, 0.25) is 0 Å². The molecule has 0 bridgehead atoms. The van der Waals surface area contributed by atoms with Crippen LogP contribution < -0.4 is 5.73 Å². The number of hydrogen-bond acceptors (Lipinski definition) is 3. The van der Waals surface area contributed by atoms with Crippen molar-refractivity contribution in [2.45, 2.75) is 11.4 Å². The topological polar surface area (TPSA) is 68.3 Å². The maximum Gasteiger partial charge on any atom is 0.244 e. The van der Waals surface area contributed by atoms with Crippen LogP contribution in [0.1, 0.15) is 5.69 Å².